The second kappa shape index (κ2) is 7.13. The highest BCUT2D eigenvalue weighted by Gasteiger charge is 2.29. The van der Waals surface area contributed by atoms with E-state index in [-0.39, 0.29) is 25.8 Å². The zero-order chi connectivity index (χ0) is 15.4. The third-order valence-electron chi connectivity index (χ3n) is 3.73. The molecule has 0 amide bonds. The van der Waals surface area contributed by atoms with Crippen LogP contribution in [-0.2, 0) is 4.57 Å². The lowest BCUT2D eigenvalue weighted by Gasteiger charge is -2.22. The van der Waals surface area contributed by atoms with E-state index in [1.807, 2.05) is 39.8 Å². The number of rotatable bonds is 6. The number of ketones is 1. The van der Waals surface area contributed by atoms with Crippen molar-refractivity contribution in [2.75, 3.05) is 0 Å². The van der Waals surface area contributed by atoms with E-state index in [2.05, 4.69) is 13.8 Å². The van der Waals surface area contributed by atoms with E-state index in [4.69, 9.17) is 0 Å². The highest BCUT2D eigenvalue weighted by Crippen LogP contribution is 2.30. The molecule has 0 N–H and O–H groups in total. The maximum absolute atomic E-state index is 12.9. The minimum atomic E-state index is -0.172. The van der Waals surface area contributed by atoms with Gasteiger partial charge in [-0.05, 0) is 44.2 Å². The summed E-state index contributed by atoms with van der Waals surface area (Å²) in [5, 5.41) is 0. The monoisotopic (exact) mass is 292 g/mol. The maximum Gasteiger partial charge on any atom is 0.167 e. The van der Waals surface area contributed by atoms with Gasteiger partial charge in [0.1, 0.15) is 0 Å². The second-order valence-corrected chi connectivity index (χ2v) is 7.25. The molecule has 2 atom stereocenters. The number of hydrogen-bond donors (Lipinski definition) is 0. The van der Waals surface area contributed by atoms with Crippen LogP contribution in [0.25, 0.3) is 0 Å². The molecule has 0 saturated carbocycles. The molecule has 3 heteroatoms. The Balaban J connectivity index is 3.22. The highest BCUT2D eigenvalue weighted by molar-refractivity contribution is 7.24. The largest absolute Gasteiger partial charge is 0.294 e. The number of carbonyl (C=O) groups excluding carboxylic acids is 1. The lowest BCUT2D eigenvalue weighted by molar-refractivity contribution is 0.0901. The van der Waals surface area contributed by atoms with Crippen LogP contribution >= 0.6 is 8.46 Å². The van der Waals surface area contributed by atoms with Gasteiger partial charge in [-0.25, -0.2) is 0 Å². The molecule has 0 aliphatic rings. The van der Waals surface area contributed by atoms with Gasteiger partial charge in [0.2, 0.25) is 0 Å². The van der Waals surface area contributed by atoms with Crippen molar-refractivity contribution in [3.05, 3.63) is 34.4 Å². The van der Waals surface area contributed by atoms with Crippen molar-refractivity contribution in [2.45, 2.75) is 53.6 Å². The Hall–Kier alpha value is -1.01. The molecular weight excluding hydrogens is 267 g/mol. The zero-order valence-electron chi connectivity index (χ0n) is 13.4. The molecule has 0 aliphatic heterocycles. The molecule has 0 bridgehead atoms. The minimum Gasteiger partial charge on any atom is -0.294 e. The predicted molar refractivity (Wildman–Crippen MR) is 85.0 cm³/mol. The van der Waals surface area contributed by atoms with Gasteiger partial charge in [0.15, 0.2) is 14.2 Å². The lowest BCUT2D eigenvalue weighted by Crippen LogP contribution is -2.26. The Morgan fingerprint density at radius 3 is 2.00 bits per heavy atom. The Bertz CT molecular complexity index is 483. The molecule has 0 saturated heterocycles. The van der Waals surface area contributed by atoms with Gasteiger partial charge in [-0.1, -0.05) is 38.5 Å². The number of benzene rings is 1. The van der Waals surface area contributed by atoms with Gasteiger partial charge in [0.05, 0.1) is 0 Å². The first kappa shape index (κ1) is 17.0. The summed E-state index contributed by atoms with van der Waals surface area (Å²) >= 11 is 0. The second-order valence-electron chi connectivity index (χ2n) is 6.22. The van der Waals surface area contributed by atoms with Crippen LogP contribution in [0.3, 0.4) is 0 Å². The van der Waals surface area contributed by atoms with Crippen LogP contribution in [0.4, 0.5) is 0 Å². The minimum absolute atomic E-state index is 0.0557. The zero-order valence-corrected chi connectivity index (χ0v) is 14.3. The summed E-state index contributed by atoms with van der Waals surface area (Å²) in [7, 11) is 0.0557. The van der Waals surface area contributed by atoms with E-state index in [0.29, 0.717) is 5.92 Å². The Morgan fingerprint density at radius 1 is 1.10 bits per heavy atom. The van der Waals surface area contributed by atoms with Gasteiger partial charge in [-0.2, -0.15) is 0 Å². The molecule has 0 fully saturated rings. The topological polar surface area (TPSA) is 34.1 Å². The summed E-state index contributed by atoms with van der Waals surface area (Å²) in [5.41, 5.74) is 3.90. The molecule has 0 aromatic heterocycles. The quantitative estimate of drug-likeness (QED) is 0.537. The Morgan fingerprint density at radius 2 is 1.60 bits per heavy atom. The van der Waals surface area contributed by atoms with E-state index in [0.717, 1.165) is 23.1 Å². The molecular formula is C17H25O2P. The van der Waals surface area contributed by atoms with E-state index < -0.39 is 0 Å². The molecule has 2 unspecified atom stereocenters. The predicted octanol–water partition coefficient (Wildman–Crippen LogP) is 5.14. The normalized spacial score (nSPS) is 14.6. The van der Waals surface area contributed by atoms with E-state index in [1.54, 1.807) is 0 Å². The summed E-state index contributed by atoms with van der Waals surface area (Å²) in [6.07, 6.45) is 0.780. The van der Waals surface area contributed by atoms with Crippen molar-refractivity contribution < 1.29 is 9.36 Å². The third kappa shape index (κ3) is 3.99. The van der Waals surface area contributed by atoms with Crippen LogP contribution in [-0.4, -0.2) is 11.4 Å². The fourth-order valence-electron chi connectivity index (χ4n) is 2.86. The Labute approximate surface area is 124 Å². The average molecular weight is 292 g/mol. The van der Waals surface area contributed by atoms with E-state index in [1.165, 1.54) is 5.56 Å². The number of carbonyl (C=O) groups is 1. The Kier molecular flexibility index (Phi) is 6.07. The van der Waals surface area contributed by atoms with Crippen LogP contribution in [0, 0.1) is 32.6 Å². The summed E-state index contributed by atoms with van der Waals surface area (Å²) in [6, 6.07) is 4.10. The third-order valence-corrected chi connectivity index (χ3v) is 4.43. The van der Waals surface area contributed by atoms with Crippen molar-refractivity contribution in [2.24, 2.45) is 11.8 Å². The molecule has 110 valence electrons. The van der Waals surface area contributed by atoms with Crippen LogP contribution < -0.4 is 0 Å². The smallest absolute Gasteiger partial charge is 0.167 e. The number of Topliss-reactive ketones (excluding diaryl/α,β-unsaturated/α-hetero) is 1. The number of hydrogen-bond acceptors (Lipinski definition) is 2. The van der Waals surface area contributed by atoms with Crippen LogP contribution in [0.5, 0.6) is 0 Å². The van der Waals surface area contributed by atoms with Gasteiger partial charge >= 0.3 is 0 Å². The first-order valence-corrected chi connectivity index (χ1v) is 8.10. The molecule has 0 radical (unpaired) electrons. The first-order valence-electron chi connectivity index (χ1n) is 7.22. The van der Waals surface area contributed by atoms with Crippen LogP contribution in [0.2, 0.25) is 0 Å². The summed E-state index contributed by atoms with van der Waals surface area (Å²) in [6.45, 7) is 12.1. The van der Waals surface area contributed by atoms with Crippen molar-refractivity contribution in [3.63, 3.8) is 0 Å². The van der Waals surface area contributed by atoms with Gasteiger partial charge in [0, 0.05) is 17.1 Å². The van der Waals surface area contributed by atoms with Gasteiger partial charge in [0.25, 0.3) is 0 Å². The summed E-state index contributed by atoms with van der Waals surface area (Å²) in [4.78, 5) is 12.9. The van der Waals surface area contributed by atoms with Crippen molar-refractivity contribution in [1.29, 1.82) is 0 Å². The molecule has 2 nitrogen and oxygen atoms in total. The molecule has 1 rings (SSSR count). The summed E-state index contributed by atoms with van der Waals surface area (Å²) in [5.74, 6) is 0.387. The van der Waals surface area contributed by atoms with Crippen molar-refractivity contribution in [3.8, 4) is 0 Å². The SMILES string of the molecule is Cc1cc(C)c(C(=O)C(CC(C)C)C(C)P=O)c(C)c1. The number of aryl methyl sites for hydroxylation is 3. The fraction of sp³-hybridized carbons (Fsp3) is 0.588. The molecule has 0 aliphatic carbocycles. The van der Waals surface area contributed by atoms with Gasteiger partial charge in [-0.15, -0.1) is 0 Å². The molecule has 20 heavy (non-hydrogen) atoms. The van der Waals surface area contributed by atoms with Crippen molar-refractivity contribution in [1.82, 2.24) is 0 Å². The molecule has 0 heterocycles. The standard InChI is InChI=1S/C17H25O2P/c1-10(2)7-15(14(6)20-19)17(18)16-12(4)8-11(3)9-13(16)5/h8-10,14-15H,7H2,1-6H3. The first-order chi connectivity index (χ1) is 9.27. The van der Waals surface area contributed by atoms with E-state index >= 15 is 0 Å². The lowest BCUT2D eigenvalue weighted by atomic mass is 9.84. The molecule has 1 aromatic rings. The molecule has 0 spiro atoms. The average Bonchev–Trinajstić information content (AvgIpc) is 2.33. The molecule has 1 aromatic carbocycles. The van der Waals surface area contributed by atoms with Gasteiger partial charge in [-0.3, -0.25) is 9.36 Å². The highest BCUT2D eigenvalue weighted by atomic mass is 31.1. The van der Waals surface area contributed by atoms with Crippen molar-refractivity contribution >= 4 is 14.2 Å². The fourth-order valence-corrected chi connectivity index (χ4v) is 3.26. The summed E-state index contributed by atoms with van der Waals surface area (Å²) < 4.78 is 11.2. The van der Waals surface area contributed by atoms with Crippen LogP contribution in [0.1, 0.15) is 54.2 Å². The van der Waals surface area contributed by atoms with E-state index in [9.17, 15) is 9.36 Å². The van der Waals surface area contributed by atoms with Crippen LogP contribution in [0.15, 0.2) is 12.1 Å². The van der Waals surface area contributed by atoms with Gasteiger partial charge < -0.3 is 0 Å². The maximum atomic E-state index is 12.9.